The molecule has 18 heavy (non-hydrogen) atoms. The molecule has 0 aromatic heterocycles. The van der Waals surface area contributed by atoms with Crippen molar-refractivity contribution in [3.05, 3.63) is 11.6 Å². The fraction of sp³-hybridized carbons (Fsp3) is 0.692. The standard InChI is InChI=1S/C13H24N2O3/c1-5-10(12(17)18)6-8-14-9-7-11(16)15-13(2,3)4/h6,14H,5,7-9H2,1-4H3,(H,15,16)(H,17,18). The maximum Gasteiger partial charge on any atom is 0.331 e. The molecule has 0 bridgehead atoms. The molecule has 5 nitrogen and oxygen atoms in total. The van der Waals surface area contributed by atoms with Gasteiger partial charge in [-0.3, -0.25) is 4.79 Å². The van der Waals surface area contributed by atoms with Gasteiger partial charge in [-0.25, -0.2) is 4.79 Å². The number of hydrogen-bond acceptors (Lipinski definition) is 3. The van der Waals surface area contributed by atoms with Crippen LogP contribution in [0.4, 0.5) is 0 Å². The number of carbonyl (C=O) groups is 2. The monoisotopic (exact) mass is 256 g/mol. The van der Waals surface area contributed by atoms with Crippen molar-refractivity contribution in [1.29, 1.82) is 0 Å². The van der Waals surface area contributed by atoms with Gasteiger partial charge in [-0.05, 0) is 27.2 Å². The molecule has 3 N–H and O–H groups in total. The van der Waals surface area contributed by atoms with Crippen LogP contribution in [0.3, 0.4) is 0 Å². The van der Waals surface area contributed by atoms with E-state index >= 15 is 0 Å². The van der Waals surface area contributed by atoms with Crippen LogP contribution in [0.5, 0.6) is 0 Å². The third-order valence-corrected chi connectivity index (χ3v) is 2.19. The van der Waals surface area contributed by atoms with Crippen LogP contribution >= 0.6 is 0 Å². The first kappa shape index (κ1) is 16.6. The van der Waals surface area contributed by atoms with Gasteiger partial charge >= 0.3 is 5.97 Å². The molecule has 0 spiro atoms. The van der Waals surface area contributed by atoms with Gasteiger partial charge in [-0.15, -0.1) is 0 Å². The van der Waals surface area contributed by atoms with Crippen LogP contribution in [0.1, 0.15) is 40.5 Å². The Morgan fingerprint density at radius 2 is 1.89 bits per heavy atom. The van der Waals surface area contributed by atoms with Crippen LogP contribution < -0.4 is 10.6 Å². The average Bonchev–Trinajstić information content (AvgIpc) is 2.20. The molecule has 1 amide bonds. The number of carboxylic acid groups (broad SMARTS) is 1. The van der Waals surface area contributed by atoms with Crippen LogP contribution in [-0.4, -0.2) is 35.6 Å². The Morgan fingerprint density at radius 3 is 2.33 bits per heavy atom. The molecular weight excluding hydrogens is 232 g/mol. The fourth-order valence-electron chi connectivity index (χ4n) is 1.36. The topological polar surface area (TPSA) is 78.4 Å². The third-order valence-electron chi connectivity index (χ3n) is 2.19. The Bertz CT molecular complexity index is 317. The molecule has 0 aliphatic heterocycles. The Kier molecular flexibility index (Phi) is 7.27. The summed E-state index contributed by atoms with van der Waals surface area (Å²) in [6.07, 6.45) is 2.53. The quantitative estimate of drug-likeness (QED) is 0.474. The van der Waals surface area contributed by atoms with Crippen molar-refractivity contribution in [1.82, 2.24) is 10.6 Å². The van der Waals surface area contributed by atoms with Crippen molar-refractivity contribution in [2.75, 3.05) is 13.1 Å². The van der Waals surface area contributed by atoms with Gasteiger partial charge in [-0.1, -0.05) is 13.0 Å². The second kappa shape index (κ2) is 7.87. The molecule has 0 radical (unpaired) electrons. The molecule has 0 unspecified atom stereocenters. The lowest BCUT2D eigenvalue weighted by atomic mass is 10.1. The summed E-state index contributed by atoms with van der Waals surface area (Å²) in [7, 11) is 0. The summed E-state index contributed by atoms with van der Waals surface area (Å²) < 4.78 is 0. The van der Waals surface area contributed by atoms with Crippen molar-refractivity contribution in [3.8, 4) is 0 Å². The Hall–Kier alpha value is -1.36. The zero-order chi connectivity index (χ0) is 14.2. The van der Waals surface area contributed by atoms with Crippen LogP contribution in [0.25, 0.3) is 0 Å². The molecule has 0 rings (SSSR count). The summed E-state index contributed by atoms with van der Waals surface area (Å²) >= 11 is 0. The van der Waals surface area contributed by atoms with Gasteiger partial charge in [0.05, 0.1) is 0 Å². The van der Waals surface area contributed by atoms with E-state index in [2.05, 4.69) is 10.6 Å². The average molecular weight is 256 g/mol. The highest BCUT2D eigenvalue weighted by Gasteiger charge is 2.12. The Labute approximate surface area is 109 Å². The minimum absolute atomic E-state index is 0.00655. The highest BCUT2D eigenvalue weighted by atomic mass is 16.4. The van der Waals surface area contributed by atoms with Gasteiger partial charge in [0.15, 0.2) is 0 Å². The summed E-state index contributed by atoms with van der Waals surface area (Å²) in [4.78, 5) is 22.2. The van der Waals surface area contributed by atoms with Crippen molar-refractivity contribution in [2.45, 2.75) is 46.1 Å². The molecule has 0 heterocycles. The van der Waals surface area contributed by atoms with E-state index in [1.54, 1.807) is 13.0 Å². The molecule has 0 aliphatic carbocycles. The number of nitrogens with one attached hydrogen (secondary N) is 2. The van der Waals surface area contributed by atoms with E-state index in [1.165, 1.54) is 0 Å². The van der Waals surface area contributed by atoms with Gasteiger partial charge in [-0.2, -0.15) is 0 Å². The molecule has 0 saturated carbocycles. The van der Waals surface area contributed by atoms with E-state index in [0.29, 0.717) is 31.5 Å². The lowest BCUT2D eigenvalue weighted by Crippen LogP contribution is -2.41. The van der Waals surface area contributed by atoms with E-state index in [4.69, 9.17) is 5.11 Å². The number of amides is 1. The van der Waals surface area contributed by atoms with Crippen LogP contribution in [0.15, 0.2) is 11.6 Å². The third kappa shape index (κ3) is 8.75. The summed E-state index contributed by atoms with van der Waals surface area (Å²) in [5.41, 5.74) is 0.178. The maximum atomic E-state index is 11.5. The zero-order valence-corrected chi connectivity index (χ0v) is 11.7. The van der Waals surface area contributed by atoms with E-state index in [0.717, 1.165) is 0 Å². The SMILES string of the molecule is CCC(=CCNCCC(=O)NC(C)(C)C)C(=O)O. The molecule has 5 heteroatoms. The summed E-state index contributed by atoms with van der Waals surface area (Å²) in [5, 5.41) is 14.7. The molecular formula is C13H24N2O3. The van der Waals surface area contributed by atoms with Crippen molar-refractivity contribution < 1.29 is 14.7 Å². The highest BCUT2D eigenvalue weighted by molar-refractivity contribution is 5.86. The van der Waals surface area contributed by atoms with Crippen molar-refractivity contribution in [2.24, 2.45) is 0 Å². The number of carboxylic acids is 1. The fourth-order valence-corrected chi connectivity index (χ4v) is 1.36. The molecule has 104 valence electrons. The van der Waals surface area contributed by atoms with E-state index in [1.807, 2.05) is 20.8 Å². The highest BCUT2D eigenvalue weighted by Crippen LogP contribution is 2.00. The van der Waals surface area contributed by atoms with E-state index in [-0.39, 0.29) is 11.4 Å². The van der Waals surface area contributed by atoms with Gasteiger partial charge in [0.1, 0.15) is 0 Å². The predicted molar refractivity (Wildman–Crippen MR) is 71.4 cm³/mol. The smallest absolute Gasteiger partial charge is 0.331 e. The van der Waals surface area contributed by atoms with Crippen LogP contribution in [0, 0.1) is 0 Å². The van der Waals surface area contributed by atoms with Crippen LogP contribution in [-0.2, 0) is 9.59 Å². The molecule has 0 aromatic rings. The Balaban J connectivity index is 3.81. The minimum Gasteiger partial charge on any atom is -0.478 e. The largest absolute Gasteiger partial charge is 0.478 e. The first-order valence-corrected chi connectivity index (χ1v) is 6.20. The second-order valence-corrected chi connectivity index (χ2v) is 5.14. The normalized spacial score (nSPS) is 12.3. The first-order chi connectivity index (χ1) is 8.26. The number of hydrogen-bond donors (Lipinski definition) is 3. The lowest BCUT2D eigenvalue weighted by Gasteiger charge is -2.20. The molecule has 0 aromatic carbocycles. The van der Waals surface area contributed by atoms with Crippen LogP contribution in [0.2, 0.25) is 0 Å². The van der Waals surface area contributed by atoms with E-state index < -0.39 is 5.97 Å². The van der Waals surface area contributed by atoms with Crippen molar-refractivity contribution >= 4 is 11.9 Å². The van der Waals surface area contributed by atoms with Gasteiger partial charge < -0.3 is 15.7 Å². The van der Waals surface area contributed by atoms with Gasteiger partial charge in [0.25, 0.3) is 0 Å². The van der Waals surface area contributed by atoms with Gasteiger partial charge in [0.2, 0.25) is 5.91 Å². The second-order valence-electron chi connectivity index (χ2n) is 5.14. The minimum atomic E-state index is -0.884. The van der Waals surface area contributed by atoms with Gasteiger partial charge in [0, 0.05) is 30.6 Å². The molecule has 0 fully saturated rings. The molecule has 0 saturated heterocycles. The molecule has 0 aliphatic rings. The summed E-state index contributed by atoms with van der Waals surface area (Å²) in [6, 6.07) is 0. The lowest BCUT2D eigenvalue weighted by molar-refractivity contribution is -0.132. The van der Waals surface area contributed by atoms with Crippen molar-refractivity contribution in [3.63, 3.8) is 0 Å². The number of carbonyl (C=O) groups excluding carboxylic acids is 1. The maximum absolute atomic E-state index is 11.5. The summed E-state index contributed by atoms with van der Waals surface area (Å²) in [6.45, 7) is 8.61. The summed E-state index contributed by atoms with van der Waals surface area (Å²) in [5.74, 6) is -0.891. The number of rotatable bonds is 7. The predicted octanol–water partition coefficient (Wildman–Crippen LogP) is 1.30. The first-order valence-electron chi connectivity index (χ1n) is 6.20. The molecule has 0 atom stereocenters. The van der Waals surface area contributed by atoms with E-state index in [9.17, 15) is 9.59 Å². The Morgan fingerprint density at radius 1 is 1.28 bits per heavy atom. The zero-order valence-electron chi connectivity index (χ0n) is 11.7. The number of aliphatic carboxylic acids is 1.